The Balaban J connectivity index is 1.46. The number of fused-ring (bicyclic) bond motifs is 2. The molecule has 2 heterocycles. The highest BCUT2D eigenvalue weighted by Gasteiger charge is 2.26. The number of aliphatic hydroxyl groups is 2. The molecular formula is C28H24N10O8. The molecule has 18 heteroatoms. The van der Waals surface area contributed by atoms with Crippen LogP contribution in [-0.4, -0.2) is 65.5 Å². The van der Waals surface area contributed by atoms with Gasteiger partial charge in [0.2, 0.25) is 0 Å². The molecule has 0 bridgehead atoms. The van der Waals surface area contributed by atoms with Gasteiger partial charge in [-0.05, 0) is 23.3 Å². The third-order valence-electron chi connectivity index (χ3n) is 6.81. The van der Waals surface area contributed by atoms with E-state index in [0.717, 1.165) is 0 Å². The molecule has 0 amide bonds. The van der Waals surface area contributed by atoms with Crippen molar-refractivity contribution in [3.8, 4) is 0 Å². The van der Waals surface area contributed by atoms with Crippen molar-refractivity contribution in [2.45, 2.75) is 12.2 Å². The summed E-state index contributed by atoms with van der Waals surface area (Å²) in [5, 5.41) is 52.8. The second-order valence-corrected chi connectivity index (χ2v) is 9.66. The van der Waals surface area contributed by atoms with Crippen molar-refractivity contribution >= 4 is 44.9 Å². The molecule has 6 N–H and O–H groups in total. The van der Waals surface area contributed by atoms with Crippen LogP contribution >= 0.6 is 0 Å². The zero-order valence-electron chi connectivity index (χ0n) is 24.0. The molecule has 0 aliphatic carbocycles. The lowest BCUT2D eigenvalue weighted by atomic mass is 9.97. The number of H-pyrrole nitrogens is 2. The number of hydrazone groups is 2. The summed E-state index contributed by atoms with van der Waals surface area (Å²) < 4.78 is 0. The lowest BCUT2D eigenvalue weighted by Gasteiger charge is -2.17. The molecule has 0 fully saturated rings. The van der Waals surface area contributed by atoms with E-state index < -0.39 is 33.2 Å². The Morgan fingerprint density at radius 3 is 1.41 bits per heavy atom. The van der Waals surface area contributed by atoms with Gasteiger partial charge in [-0.2, -0.15) is 10.2 Å². The molecule has 46 heavy (non-hydrogen) atoms. The summed E-state index contributed by atoms with van der Waals surface area (Å²) in [7, 11) is 2.91. The van der Waals surface area contributed by atoms with Gasteiger partial charge in [0.25, 0.3) is 22.5 Å². The Kier molecular flexibility index (Phi) is 8.56. The van der Waals surface area contributed by atoms with E-state index in [4.69, 9.17) is 0 Å². The fraction of sp³-hybridized carbons (Fsp3) is 0.143. The van der Waals surface area contributed by atoms with E-state index in [0.29, 0.717) is 0 Å². The average Bonchev–Trinajstić information content (AvgIpc) is 3.04. The lowest BCUT2D eigenvalue weighted by Crippen LogP contribution is -2.28. The Bertz CT molecular complexity index is 2020. The van der Waals surface area contributed by atoms with Crippen LogP contribution < -0.4 is 22.0 Å². The van der Waals surface area contributed by atoms with Crippen molar-refractivity contribution in [3.63, 3.8) is 0 Å². The number of aromatic nitrogens is 4. The van der Waals surface area contributed by atoms with Gasteiger partial charge in [-0.1, -0.05) is 24.3 Å². The molecule has 3 aromatic carbocycles. The standard InChI is InChI=1S/C28H24N10O8/c1-29-35-21(23-27(41)33-19-11-15(37(43)44)7-9-17(19)31-23)25(39)13-3-5-14(6-4-13)26(40)22(36-30-2)24-28(42)34-20-12-16(38(45)46)8-10-18(20)32-24/h3-12,25-26,29-30,39-40H,1-2H3,(H,33,41)(H,34,42)/b35-21-,36-22-. The van der Waals surface area contributed by atoms with Crippen molar-refractivity contribution < 1.29 is 20.1 Å². The molecule has 0 spiro atoms. The van der Waals surface area contributed by atoms with Crippen LogP contribution in [0.5, 0.6) is 0 Å². The van der Waals surface area contributed by atoms with Gasteiger partial charge in [0.05, 0.1) is 31.9 Å². The maximum atomic E-state index is 12.9. The normalized spacial score (nSPS) is 13.4. The molecule has 0 saturated heterocycles. The Morgan fingerprint density at radius 1 is 0.717 bits per heavy atom. The van der Waals surface area contributed by atoms with Crippen LogP contribution in [0.4, 0.5) is 11.4 Å². The molecule has 0 saturated carbocycles. The van der Waals surface area contributed by atoms with Gasteiger partial charge in [-0.3, -0.25) is 29.8 Å². The van der Waals surface area contributed by atoms with E-state index >= 15 is 0 Å². The molecule has 0 aliphatic heterocycles. The number of hydrogen-bond donors (Lipinski definition) is 6. The number of aromatic amines is 2. The minimum Gasteiger partial charge on any atom is -0.382 e. The smallest absolute Gasteiger partial charge is 0.276 e. The first kappa shape index (κ1) is 31.0. The van der Waals surface area contributed by atoms with Crippen LogP contribution in [0.3, 0.4) is 0 Å². The zero-order chi connectivity index (χ0) is 33.1. The van der Waals surface area contributed by atoms with Crippen molar-refractivity contribution in [3.05, 3.63) is 124 Å². The molecule has 2 atom stereocenters. The van der Waals surface area contributed by atoms with Gasteiger partial charge in [0.1, 0.15) is 23.6 Å². The maximum absolute atomic E-state index is 12.9. The predicted molar refractivity (Wildman–Crippen MR) is 166 cm³/mol. The number of aliphatic hydroxyl groups excluding tert-OH is 2. The predicted octanol–water partition coefficient (Wildman–Crippen LogP) is 1.29. The van der Waals surface area contributed by atoms with Crippen molar-refractivity contribution in [1.29, 1.82) is 0 Å². The summed E-state index contributed by atoms with van der Waals surface area (Å²) in [5.74, 6) is 0. The SMILES string of the molecule is CN/N=C(/c1nc2ccc([N+](=O)[O-])cc2[nH]c1=O)C(O)c1ccc(C(O)/C(=N\NC)c2nc3ccc([N+](=O)[O-])cc3[nH]c2=O)cc1. The molecule has 2 unspecified atom stereocenters. The fourth-order valence-corrected chi connectivity index (χ4v) is 4.63. The summed E-state index contributed by atoms with van der Waals surface area (Å²) in [6.45, 7) is 0. The van der Waals surface area contributed by atoms with Crippen LogP contribution in [0.1, 0.15) is 34.7 Å². The second-order valence-electron chi connectivity index (χ2n) is 9.66. The van der Waals surface area contributed by atoms with Gasteiger partial charge in [-0.15, -0.1) is 0 Å². The fourth-order valence-electron chi connectivity index (χ4n) is 4.63. The van der Waals surface area contributed by atoms with E-state index in [1.165, 1.54) is 74.8 Å². The third kappa shape index (κ3) is 6.00. The first-order valence-electron chi connectivity index (χ1n) is 13.3. The summed E-state index contributed by atoms with van der Waals surface area (Å²) in [4.78, 5) is 60.4. The first-order valence-corrected chi connectivity index (χ1v) is 13.3. The van der Waals surface area contributed by atoms with E-state index in [-0.39, 0.29) is 67.4 Å². The van der Waals surface area contributed by atoms with E-state index in [9.17, 15) is 40.0 Å². The molecule has 0 aliphatic rings. The van der Waals surface area contributed by atoms with E-state index in [1.54, 1.807) is 0 Å². The Labute approximate surface area is 256 Å². The number of non-ortho nitro benzene ring substituents is 2. The highest BCUT2D eigenvalue weighted by Crippen LogP contribution is 2.24. The molecular weight excluding hydrogens is 604 g/mol. The highest BCUT2D eigenvalue weighted by atomic mass is 16.6. The molecule has 234 valence electrons. The first-order chi connectivity index (χ1) is 22.0. The van der Waals surface area contributed by atoms with Crippen LogP contribution in [0, 0.1) is 20.2 Å². The summed E-state index contributed by atoms with van der Waals surface area (Å²) >= 11 is 0. The number of rotatable bonds is 10. The topological polar surface area (TPSA) is 267 Å². The Morgan fingerprint density at radius 2 is 1.09 bits per heavy atom. The minimum atomic E-state index is -1.48. The third-order valence-corrected chi connectivity index (χ3v) is 6.81. The molecule has 5 rings (SSSR count). The number of nitrogens with zero attached hydrogens (tertiary/aromatic N) is 6. The van der Waals surface area contributed by atoms with E-state index in [2.05, 4.69) is 41.0 Å². The monoisotopic (exact) mass is 628 g/mol. The summed E-state index contributed by atoms with van der Waals surface area (Å²) in [6.07, 6.45) is -2.97. The van der Waals surface area contributed by atoms with Gasteiger partial charge in [0.15, 0.2) is 11.4 Å². The zero-order valence-corrected chi connectivity index (χ0v) is 24.0. The van der Waals surface area contributed by atoms with Crippen LogP contribution in [-0.2, 0) is 0 Å². The molecule has 2 aromatic heterocycles. The van der Waals surface area contributed by atoms with E-state index in [1.807, 2.05) is 0 Å². The molecule has 5 aromatic rings. The van der Waals surface area contributed by atoms with Gasteiger partial charge in [0, 0.05) is 38.4 Å². The number of nitrogens with one attached hydrogen (secondary N) is 4. The van der Waals surface area contributed by atoms with Crippen molar-refractivity contribution in [2.24, 2.45) is 10.2 Å². The van der Waals surface area contributed by atoms with Crippen LogP contribution in [0.15, 0.2) is 80.5 Å². The lowest BCUT2D eigenvalue weighted by molar-refractivity contribution is -0.384. The van der Waals surface area contributed by atoms with Gasteiger partial charge < -0.3 is 31.0 Å². The average molecular weight is 629 g/mol. The number of benzene rings is 3. The number of nitro groups is 2. The minimum absolute atomic E-state index is 0.125. The Hall–Kier alpha value is -6.40. The number of nitro benzene ring substituents is 2. The molecule has 18 nitrogen and oxygen atoms in total. The summed E-state index contributed by atoms with van der Waals surface area (Å²) in [6, 6.07) is 13.3. The quantitative estimate of drug-likeness (QED) is 0.0725. The van der Waals surface area contributed by atoms with Crippen molar-refractivity contribution in [2.75, 3.05) is 14.1 Å². The van der Waals surface area contributed by atoms with Crippen LogP contribution in [0.2, 0.25) is 0 Å². The van der Waals surface area contributed by atoms with Gasteiger partial charge in [-0.25, -0.2) is 9.97 Å². The largest absolute Gasteiger partial charge is 0.382 e. The summed E-state index contributed by atoms with van der Waals surface area (Å²) in [5.41, 5.74) is 3.53. The van der Waals surface area contributed by atoms with Gasteiger partial charge >= 0.3 is 0 Å². The molecule has 0 radical (unpaired) electrons. The highest BCUT2D eigenvalue weighted by molar-refractivity contribution is 6.04. The van der Waals surface area contributed by atoms with Crippen LogP contribution in [0.25, 0.3) is 22.1 Å². The second kappa shape index (κ2) is 12.7. The van der Waals surface area contributed by atoms with Crippen molar-refractivity contribution in [1.82, 2.24) is 30.8 Å². The number of hydrogen-bond acceptors (Lipinski definition) is 14. The maximum Gasteiger partial charge on any atom is 0.276 e.